The van der Waals surface area contributed by atoms with Crippen molar-refractivity contribution in [2.45, 2.75) is 90.9 Å². The van der Waals surface area contributed by atoms with E-state index in [9.17, 15) is 4.89 Å². The van der Waals surface area contributed by atoms with Gasteiger partial charge in [0.15, 0.2) is 0 Å². The lowest BCUT2D eigenvalue weighted by Crippen LogP contribution is -2.03. The van der Waals surface area contributed by atoms with Gasteiger partial charge in [-0.05, 0) is 12.8 Å². The molecule has 0 aliphatic rings. The summed E-state index contributed by atoms with van der Waals surface area (Å²) in [5, 5.41) is 0. The Labute approximate surface area is 208 Å². The van der Waals surface area contributed by atoms with E-state index in [2.05, 4.69) is 13.8 Å². The van der Waals surface area contributed by atoms with Crippen LogP contribution in [0, 0.1) is 0 Å². The highest BCUT2D eigenvalue weighted by molar-refractivity contribution is 7.99. The van der Waals surface area contributed by atoms with Crippen molar-refractivity contribution >= 4 is 32.1 Å². The van der Waals surface area contributed by atoms with Gasteiger partial charge in [-0.15, -0.1) is 0 Å². The van der Waals surface area contributed by atoms with Crippen LogP contribution in [0.15, 0.2) is 0 Å². The normalized spacial score (nSPS) is 11.6. The van der Waals surface area contributed by atoms with Gasteiger partial charge in [-0.3, -0.25) is 0 Å². The summed E-state index contributed by atoms with van der Waals surface area (Å²) in [5.74, 6) is 3.66. The van der Waals surface area contributed by atoms with Crippen LogP contribution in [0.3, 0.4) is 0 Å². The molecule has 0 saturated carbocycles. The second kappa shape index (κ2) is 30.0. The zero-order valence-electron chi connectivity index (χ0n) is 20.9. The molecule has 0 aliphatic heterocycles. The highest BCUT2D eigenvalue weighted by Gasteiger charge is 2.06. The second-order valence-corrected chi connectivity index (χ2v) is 11.3. The predicted molar refractivity (Wildman–Crippen MR) is 144 cm³/mol. The van der Waals surface area contributed by atoms with Crippen molar-refractivity contribution in [3.8, 4) is 0 Å². The monoisotopic (exact) mass is 514 g/mol. The lowest BCUT2D eigenvalue weighted by atomic mass is 10.1. The van der Waals surface area contributed by atoms with E-state index in [-0.39, 0.29) is 0 Å². The van der Waals surface area contributed by atoms with E-state index in [1.165, 1.54) is 77.0 Å². The Bertz CT molecular complexity index is 314. The molecule has 8 heteroatoms. The Hall–Kier alpha value is 0.930. The van der Waals surface area contributed by atoms with Crippen molar-refractivity contribution in [1.82, 2.24) is 0 Å². The third-order valence-corrected chi connectivity index (χ3v) is 7.52. The molecule has 0 rings (SSSR count). The Kier molecular flexibility index (Phi) is 30.8. The van der Waals surface area contributed by atoms with Crippen LogP contribution in [0.25, 0.3) is 0 Å². The Morgan fingerprint density at radius 1 is 0.500 bits per heavy atom. The molecular weight excluding hydrogens is 463 g/mol. The van der Waals surface area contributed by atoms with Gasteiger partial charge in [0, 0.05) is 36.2 Å². The number of thioether (sulfide) groups is 2. The molecule has 0 heterocycles. The molecule has 0 bridgehead atoms. The molecule has 0 unspecified atom stereocenters. The minimum atomic E-state index is -1.75. The van der Waals surface area contributed by atoms with Crippen molar-refractivity contribution in [2.24, 2.45) is 0 Å². The predicted octanol–water partition coefficient (Wildman–Crippen LogP) is 7.46. The first-order valence-electron chi connectivity index (χ1n) is 12.9. The van der Waals surface area contributed by atoms with Crippen LogP contribution in [0.1, 0.15) is 90.9 Å². The van der Waals surface area contributed by atoms with Gasteiger partial charge in [0.2, 0.25) is 0 Å². The maximum absolute atomic E-state index is 9.76. The average molecular weight is 515 g/mol. The number of hydrogen-bond donors (Lipinski definition) is 1. The molecule has 5 nitrogen and oxygen atoms in total. The molecule has 0 aromatic carbocycles. The lowest BCUT2D eigenvalue weighted by Gasteiger charge is -2.10. The molecule has 0 aromatic heterocycles. The fourth-order valence-corrected chi connectivity index (χ4v) is 5.10. The highest BCUT2D eigenvalue weighted by atomic mass is 32.2. The highest BCUT2D eigenvalue weighted by Crippen LogP contribution is 2.32. The Morgan fingerprint density at radius 3 is 1.31 bits per heavy atom. The fourth-order valence-electron chi connectivity index (χ4n) is 3.00. The lowest BCUT2D eigenvalue weighted by molar-refractivity contribution is 0.145. The average Bonchev–Trinajstić information content (AvgIpc) is 2.80. The summed E-state index contributed by atoms with van der Waals surface area (Å²) >= 11 is 3.59. The quantitative estimate of drug-likeness (QED) is 0.0859. The molecule has 0 spiro atoms. The van der Waals surface area contributed by atoms with Crippen LogP contribution in [0.4, 0.5) is 0 Å². The topological polar surface area (TPSA) is 57.2 Å². The summed E-state index contributed by atoms with van der Waals surface area (Å²) in [7, 11) is -1.75. The number of unbranched alkanes of at least 4 members (excludes halogenated alkanes) is 10. The molecule has 0 saturated heterocycles. The smallest absolute Gasteiger partial charge is 0.329 e. The standard InChI is InChI=1S/C24H51O5PS2/c1-3-5-7-9-11-13-15-26-17-21-31-23-19-28-30(25)29-20-24-32-22-18-27-16-14-12-10-8-6-4-2/h25H,3-24H2,1-2H3. The van der Waals surface area contributed by atoms with Crippen molar-refractivity contribution in [3.63, 3.8) is 0 Å². The molecule has 0 amide bonds. The molecule has 0 atom stereocenters. The zero-order chi connectivity index (χ0) is 23.4. The van der Waals surface area contributed by atoms with E-state index in [1.807, 2.05) is 0 Å². The maximum Gasteiger partial charge on any atom is 0.329 e. The van der Waals surface area contributed by atoms with Crippen molar-refractivity contribution in [3.05, 3.63) is 0 Å². The SMILES string of the molecule is CCCCCCCCOCCSCCOP(O)OCCSCCOCCCCCCCC. The maximum atomic E-state index is 9.76. The van der Waals surface area contributed by atoms with Gasteiger partial charge in [0.1, 0.15) is 0 Å². The molecule has 0 fully saturated rings. The molecule has 32 heavy (non-hydrogen) atoms. The van der Waals surface area contributed by atoms with Crippen molar-refractivity contribution in [2.75, 3.05) is 62.7 Å². The van der Waals surface area contributed by atoms with Crippen LogP contribution in [-0.2, 0) is 18.5 Å². The van der Waals surface area contributed by atoms with Crippen molar-refractivity contribution in [1.29, 1.82) is 0 Å². The largest absolute Gasteiger partial charge is 0.381 e. The number of rotatable bonds is 28. The number of ether oxygens (including phenoxy) is 2. The summed E-state index contributed by atoms with van der Waals surface area (Å²) < 4.78 is 22.0. The van der Waals surface area contributed by atoms with E-state index < -0.39 is 8.60 Å². The fraction of sp³-hybridized carbons (Fsp3) is 1.00. The van der Waals surface area contributed by atoms with Gasteiger partial charge in [-0.25, -0.2) is 0 Å². The van der Waals surface area contributed by atoms with Gasteiger partial charge in [0.05, 0.1) is 26.4 Å². The van der Waals surface area contributed by atoms with Crippen LogP contribution in [0.5, 0.6) is 0 Å². The molecule has 0 aromatic rings. The third-order valence-electron chi connectivity index (χ3n) is 4.89. The van der Waals surface area contributed by atoms with E-state index in [0.29, 0.717) is 13.2 Å². The first kappa shape index (κ1) is 32.9. The third kappa shape index (κ3) is 29.0. The Balaban J connectivity index is 3.13. The van der Waals surface area contributed by atoms with Crippen LogP contribution in [-0.4, -0.2) is 67.5 Å². The van der Waals surface area contributed by atoms with Crippen LogP contribution >= 0.6 is 32.1 Å². The summed E-state index contributed by atoms with van der Waals surface area (Å²) in [6.07, 6.45) is 15.6. The second-order valence-electron chi connectivity index (χ2n) is 7.89. The van der Waals surface area contributed by atoms with Gasteiger partial charge >= 0.3 is 8.60 Å². The number of hydrogen-bond acceptors (Lipinski definition) is 7. The van der Waals surface area contributed by atoms with Gasteiger partial charge < -0.3 is 23.4 Å². The zero-order valence-corrected chi connectivity index (χ0v) is 23.4. The Morgan fingerprint density at radius 2 is 0.875 bits per heavy atom. The van der Waals surface area contributed by atoms with Gasteiger partial charge in [-0.1, -0.05) is 78.1 Å². The van der Waals surface area contributed by atoms with E-state index in [4.69, 9.17) is 18.5 Å². The minimum absolute atomic E-state index is 0.518. The van der Waals surface area contributed by atoms with Gasteiger partial charge in [0.25, 0.3) is 0 Å². The summed E-state index contributed by atoms with van der Waals surface area (Å²) in [6, 6.07) is 0. The molecule has 0 radical (unpaired) electrons. The molecular formula is C24H51O5PS2. The van der Waals surface area contributed by atoms with E-state index in [1.54, 1.807) is 23.5 Å². The van der Waals surface area contributed by atoms with Crippen molar-refractivity contribution < 1.29 is 23.4 Å². The first-order chi connectivity index (χ1) is 15.8. The molecule has 194 valence electrons. The summed E-state index contributed by atoms with van der Waals surface area (Å²) in [6.45, 7) is 8.87. The summed E-state index contributed by atoms with van der Waals surface area (Å²) in [5.41, 5.74) is 0. The van der Waals surface area contributed by atoms with E-state index in [0.717, 1.165) is 49.4 Å². The summed E-state index contributed by atoms with van der Waals surface area (Å²) in [4.78, 5) is 9.76. The molecule has 1 N–H and O–H groups in total. The van der Waals surface area contributed by atoms with Crippen LogP contribution < -0.4 is 0 Å². The van der Waals surface area contributed by atoms with Gasteiger partial charge in [-0.2, -0.15) is 23.5 Å². The van der Waals surface area contributed by atoms with E-state index >= 15 is 0 Å². The minimum Gasteiger partial charge on any atom is -0.381 e. The molecule has 0 aliphatic carbocycles. The van der Waals surface area contributed by atoms with Crippen LogP contribution in [0.2, 0.25) is 0 Å². The first-order valence-corrected chi connectivity index (χ1v) is 16.3.